The van der Waals surface area contributed by atoms with Crippen molar-refractivity contribution >= 4 is 29.2 Å². The number of nitrogens with zero attached hydrogens (tertiary/aromatic N) is 3. The summed E-state index contributed by atoms with van der Waals surface area (Å²) in [4.78, 5) is 27.7. The SMILES string of the molecule is CC(CCNc1nc(Cl)ncc1[N+](=O)[O-])NC(=O)O. The molecule has 0 saturated heterocycles. The van der Waals surface area contributed by atoms with Gasteiger partial charge in [-0.3, -0.25) is 10.1 Å². The zero-order valence-electron chi connectivity index (χ0n) is 9.96. The number of carboxylic acid groups (broad SMARTS) is 1. The number of carbonyl (C=O) groups is 1. The lowest BCUT2D eigenvalue weighted by Gasteiger charge is -2.11. The first-order chi connectivity index (χ1) is 8.90. The lowest BCUT2D eigenvalue weighted by Crippen LogP contribution is -2.32. The maximum atomic E-state index is 10.7. The van der Waals surface area contributed by atoms with Gasteiger partial charge in [0.25, 0.3) is 0 Å². The first-order valence-corrected chi connectivity index (χ1v) is 5.68. The Bertz CT molecular complexity index is 484. The fourth-order valence-corrected chi connectivity index (χ4v) is 1.44. The summed E-state index contributed by atoms with van der Waals surface area (Å²) in [5, 5.41) is 24.1. The van der Waals surface area contributed by atoms with Gasteiger partial charge in [-0.1, -0.05) is 0 Å². The van der Waals surface area contributed by atoms with Gasteiger partial charge >= 0.3 is 11.8 Å². The van der Waals surface area contributed by atoms with Crippen LogP contribution < -0.4 is 10.6 Å². The molecule has 0 saturated carbocycles. The van der Waals surface area contributed by atoms with Gasteiger partial charge in [0.15, 0.2) is 0 Å². The summed E-state index contributed by atoms with van der Waals surface area (Å²) >= 11 is 5.56. The van der Waals surface area contributed by atoms with Gasteiger partial charge < -0.3 is 15.7 Å². The van der Waals surface area contributed by atoms with Crippen LogP contribution >= 0.6 is 11.6 Å². The molecular weight excluding hydrogens is 278 g/mol. The van der Waals surface area contributed by atoms with Crippen LogP contribution in [0, 0.1) is 10.1 Å². The van der Waals surface area contributed by atoms with E-state index in [-0.39, 0.29) is 22.8 Å². The Morgan fingerprint density at radius 2 is 2.37 bits per heavy atom. The minimum atomic E-state index is -1.12. The third-order valence-corrected chi connectivity index (χ3v) is 2.36. The van der Waals surface area contributed by atoms with Crippen LogP contribution in [0.1, 0.15) is 13.3 Å². The predicted octanol–water partition coefficient (Wildman–Crippen LogP) is 1.50. The largest absolute Gasteiger partial charge is 0.465 e. The number of anilines is 1. The highest BCUT2D eigenvalue weighted by Crippen LogP contribution is 2.21. The molecule has 0 aliphatic carbocycles. The first-order valence-electron chi connectivity index (χ1n) is 5.30. The molecule has 9 nitrogen and oxygen atoms in total. The monoisotopic (exact) mass is 289 g/mol. The van der Waals surface area contributed by atoms with Crippen LogP contribution in [-0.4, -0.2) is 38.7 Å². The van der Waals surface area contributed by atoms with Crippen LogP contribution in [0.2, 0.25) is 5.28 Å². The van der Waals surface area contributed by atoms with Crippen LogP contribution in [0.4, 0.5) is 16.3 Å². The first kappa shape index (κ1) is 14.9. The van der Waals surface area contributed by atoms with Gasteiger partial charge in [0.1, 0.15) is 6.20 Å². The van der Waals surface area contributed by atoms with E-state index in [0.717, 1.165) is 6.20 Å². The Labute approximate surface area is 113 Å². The highest BCUT2D eigenvalue weighted by molar-refractivity contribution is 6.28. The van der Waals surface area contributed by atoms with E-state index >= 15 is 0 Å². The molecule has 1 amide bonds. The quantitative estimate of drug-likeness (QED) is 0.411. The van der Waals surface area contributed by atoms with Gasteiger partial charge in [0, 0.05) is 12.6 Å². The number of halogens is 1. The van der Waals surface area contributed by atoms with Crippen molar-refractivity contribution in [2.24, 2.45) is 0 Å². The fourth-order valence-electron chi connectivity index (χ4n) is 1.31. The minimum Gasteiger partial charge on any atom is -0.465 e. The molecule has 0 spiro atoms. The maximum absolute atomic E-state index is 10.7. The molecule has 104 valence electrons. The van der Waals surface area contributed by atoms with E-state index < -0.39 is 11.0 Å². The Kier molecular flexibility index (Phi) is 5.24. The number of hydrogen-bond donors (Lipinski definition) is 3. The van der Waals surface area contributed by atoms with E-state index in [9.17, 15) is 14.9 Å². The molecule has 1 rings (SSSR count). The van der Waals surface area contributed by atoms with E-state index in [4.69, 9.17) is 16.7 Å². The smallest absolute Gasteiger partial charge is 0.404 e. The zero-order valence-corrected chi connectivity index (χ0v) is 10.7. The molecule has 0 aliphatic rings. The van der Waals surface area contributed by atoms with Gasteiger partial charge in [-0.15, -0.1) is 0 Å². The zero-order chi connectivity index (χ0) is 14.4. The summed E-state index contributed by atoms with van der Waals surface area (Å²) in [6.45, 7) is 1.98. The maximum Gasteiger partial charge on any atom is 0.404 e. The molecule has 1 unspecified atom stereocenters. The van der Waals surface area contributed by atoms with Crippen molar-refractivity contribution in [1.82, 2.24) is 15.3 Å². The molecular formula is C9H12ClN5O4. The van der Waals surface area contributed by atoms with Gasteiger partial charge in [-0.25, -0.2) is 9.78 Å². The summed E-state index contributed by atoms with van der Waals surface area (Å²) < 4.78 is 0. The van der Waals surface area contributed by atoms with Gasteiger partial charge in [0.05, 0.1) is 4.92 Å². The lowest BCUT2D eigenvalue weighted by atomic mass is 10.2. The van der Waals surface area contributed by atoms with Crippen LogP contribution in [-0.2, 0) is 0 Å². The number of rotatable bonds is 6. The third-order valence-electron chi connectivity index (χ3n) is 2.18. The van der Waals surface area contributed by atoms with E-state index in [1.807, 2.05) is 0 Å². The Morgan fingerprint density at radius 1 is 1.68 bits per heavy atom. The third kappa shape index (κ3) is 4.92. The normalized spacial score (nSPS) is 11.7. The van der Waals surface area contributed by atoms with Gasteiger partial charge in [-0.2, -0.15) is 4.98 Å². The summed E-state index contributed by atoms with van der Waals surface area (Å²) in [6.07, 6.45) is 0.324. The summed E-state index contributed by atoms with van der Waals surface area (Å²) in [7, 11) is 0. The topological polar surface area (TPSA) is 130 Å². The number of nitro groups is 1. The van der Waals surface area contributed by atoms with Crippen molar-refractivity contribution in [3.05, 3.63) is 21.6 Å². The van der Waals surface area contributed by atoms with Crippen molar-refractivity contribution in [3.8, 4) is 0 Å². The Balaban J connectivity index is 2.59. The predicted molar refractivity (Wildman–Crippen MR) is 67.4 cm³/mol. The second-order valence-electron chi connectivity index (χ2n) is 3.70. The lowest BCUT2D eigenvalue weighted by molar-refractivity contribution is -0.384. The molecule has 1 atom stereocenters. The van der Waals surface area contributed by atoms with Crippen LogP contribution in [0.5, 0.6) is 0 Å². The van der Waals surface area contributed by atoms with Crippen LogP contribution in [0.25, 0.3) is 0 Å². The molecule has 3 N–H and O–H groups in total. The molecule has 19 heavy (non-hydrogen) atoms. The average molecular weight is 290 g/mol. The molecule has 0 fully saturated rings. The standard InChI is InChI=1S/C9H12ClN5O4/c1-5(13-9(16)17)2-3-11-7-6(15(18)19)4-12-8(10)14-7/h4-5,13H,2-3H2,1H3,(H,16,17)(H,11,12,14). The Morgan fingerprint density at radius 3 is 2.95 bits per heavy atom. The molecule has 1 aromatic rings. The van der Waals surface area contributed by atoms with Crippen molar-refractivity contribution in [3.63, 3.8) is 0 Å². The second kappa shape index (κ2) is 6.69. The molecule has 0 radical (unpaired) electrons. The van der Waals surface area contributed by atoms with Crippen molar-refractivity contribution in [2.75, 3.05) is 11.9 Å². The van der Waals surface area contributed by atoms with Gasteiger partial charge in [0.2, 0.25) is 11.1 Å². The molecule has 1 heterocycles. The van der Waals surface area contributed by atoms with Gasteiger partial charge in [-0.05, 0) is 24.9 Å². The van der Waals surface area contributed by atoms with Crippen LogP contribution in [0.3, 0.4) is 0 Å². The molecule has 0 aromatic carbocycles. The molecule has 1 aromatic heterocycles. The minimum absolute atomic E-state index is 0.00697. The summed E-state index contributed by atoms with van der Waals surface area (Å²) in [5.74, 6) is 0.00697. The summed E-state index contributed by atoms with van der Waals surface area (Å²) in [5.41, 5.74) is -0.289. The molecule has 10 heteroatoms. The summed E-state index contributed by atoms with van der Waals surface area (Å²) in [6, 6.07) is -0.290. The van der Waals surface area contributed by atoms with E-state index in [0.29, 0.717) is 13.0 Å². The van der Waals surface area contributed by atoms with Crippen molar-refractivity contribution < 1.29 is 14.8 Å². The van der Waals surface area contributed by atoms with Crippen molar-refractivity contribution in [2.45, 2.75) is 19.4 Å². The van der Waals surface area contributed by atoms with E-state index in [2.05, 4.69) is 20.6 Å². The molecule has 0 bridgehead atoms. The average Bonchev–Trinajstić information content (AvgIpc) is 2.27. The second-order valence-corrected chi connectivity index (χ2v) is 4.03. The van der Waals surface area contributed by atoms with E-state index in [1.54, 1.807) is 6.92 Å². The highest BCUT2D eigenvalue weighted by atomic mass is 35.5. The van der Waals surface area contributed by atoms with E-state index in [1.165, 1.54) is 0 Å². The highest BCUT2D eigenvalue weighted by Gasteiger charge is 2.16. The number of aromatic nitrogens is 2. The van der Waals surface area contributed by atoms with Crippen LogP contribution in [0.15, 0.2) is 6.20 Å². The van der Waals surface area contributed by atoms with Crippen molar-refractivity contribution in [1.29, 1.82) is 0 Å². The number of nitrogens with one attached hydrogen (secondary N) is 2. The fraction of sp³-hybridized carbons (Fsp3) is 0.444. The number of amides is 1. The Hall–Kier alpha value is -2.16. The number of hydrogen-bond acceptors (Lipinski definition) is 6. The molecule has 0 aliphatic heterocycles.